The van der Waals surface area contributed by atoms with Gasteiger partial charge in [-0.15, -0.1) is 22.7 Å². The van der Waals surface area contributed by atoms with E-state index in [0.717, 1.165) is 16.1 Å². The van der Waals surface area contributed by atoms with E-state index in [9.17, 15) is 4.79 Å². The van der Waals surface area contributed by atoms with Crippen LogP contribution >= 0.6 is 22.7 Å². The average Bonchev–Trinajstić information content (AvgIpc) is 3.40. The van der Waals surface area contributed by atoms with E-state index in [4.69, 9.17) is 9.47 Å². The third-order valence-electron chi connectivity index (χ3n) is 4.43. The topological polar surface area (TPSA) is 73.3 Å². The fourth-order valence-corrected chi connectivity index (χ4v) is 4.61. The van der Waals surface area contributed by atoms with Crippen molar-refractivity contribution in [3.63, 3.8) is 0 Å². The van der Waals surface area contributed by atoms with Crippen LogP contribution in [0.1, 0.15) is 15.4 Å². The number of aromatic nitrogens is 2. The molecule has 1 amide bonds. The van der Waals surface area contributed by atoms with Gasteiger partial charge in [0, 0.05) is 16.5 Å². The Morgan fingerprint density at radius 2 is 1.83 bits per heavy atom. The molecule has 2 heterocycles. The predicted molar refractivity (Wildman–Crippen MR) is 121 cm³/mol. The van der Waals surface area contributed by atoms with Gasteiger partial charge >= 0.3 is 0 Å². The zero-order chi connectivity index (χ0) is 21.1. The molecule has 152 valence electrons. The number of methoxy groups -OCH3 is 2. The van der Waals surface area contributed by atoms with Crippen LogP contribution in [0, 0.1) is 6.92 Å². The van der Waals surface area contributed by atoms with Gasteiger partial charge in [0.05, 0.1) is 25.6 Å². The Morgan fingerprint density at radius 1 is 1.03 bits per heavy atom. The van der Waals surface area contributed by atoms with E-state index in [2.05, 4.69) is 15.3 Å². The molecule has 0 unspecified atom stereocenters. The number of aryl methyl sites for hydroxylation is 1. The molecule has 0 aliphatic carbocycles. The molecule has 0 radical (unpaired) electrons. The van der Waals surface area contributed by atoms with Gasteiger partial charge in [0.15, 0.2) is 5.13 Å². The highest BCUT2D eigenvalue weighted by molar-refractivity contribution is 7.17. The number of thiazole rings is 2. The Morgan fingerprint density at radius 3 is 2.57 bits per heavy atom. The Balaban J connectivity index is 1.56. The van der Waals surface area contributed by atoms with Crippen molar-refractivity contribution < 1.29 is 14.3 Å². The van der Waals surface area contributed by atoms with E-state index in [1.807, 2.05) is 60.8 Å². The van der Waals surface area contributed by atoms with Crippen molar-refractivity contribution >= 4 is 33.7 Å². The normalized spacial score (nSPS) is 10.6. The predicted octanol–water partition coefficient (Wildman–Crippen LogP) is 5.51. The third-order valence-corrected chi connectivity index (χ3v) is 6.39. The number of anilines is 1. The van der Waals surface area contributed by atoms with E-state index in [1.54, 1.807) is 14.2 Å². The number of rotatable bonds is 6. The molecule has 0 saturated heterocycles. The van der Waals surface area contributed by atoms with Crippen molar-refractivity contribution in [2.45, 2.75) is 6.92 Å². The zero-order valence-electron chi connectivity index (χ0n) is 16.6. The van der Waals surface area contributed by atoms with Gasteiger partial charge in [0.2, 0.25) is 0 Å². The molecule has 0 atom stereocenters. The minimum absolute atomic E-state index is 0.217. The zero-order valence-corrected chi connectivity index (χ0v) is 18.3. The summed E-state index contributed by atoms with van der Waals surface area (Å²) in [6.07, 6.45) is 0. The van der Waals surface area contributed by atoms with Crippen LogP contribution in [-0.2, 0) is 0 Å². The maximum atomic E-state index is 12.8. The maximum Gasteiger partial charge on any atom is 0.269 e. The summed E-state index contributed by atoms with van der Waals surface area (Å²) in [7, 11) is 3.22. The molecular weight excluding hydrogens is 418 g/mol. The molecule has 0 aliphatic heterocycles. The number of benzene rings is 2. The van der Waals surface area contributed by atoms with Gasteiger partial charge in [-0.1, -0.05) is 30.3 Å². The third kappa shape index (κ3) is 4.05. The van der Waals surface area contributed by atoms with Crippen LogP contribution in [0.25, 0.3) is 21.8 Å². The summed E-state index contributed by atoms with van der Waals surface area (Å²) in [5.41, 5.74) is 3.19. The number of amides is 1. The quantitative estimate of drug-likeness (QED) is 0.430. The van der Waals surface area contributed by atoms with Crippen LogP contribution in [0.5, 0.6) is 11.5 Å². The minimum atomic E-state index is -0.217. The number of ether oxygens (including phenoxy) is 2. The van der Waals surface area contributed by atoms with Gasteiger partial charge in [0.25, 0.3) is 5.91 Å². The Kier molecular flexibility index (Phi) is 5.78. The lowest BCUT2D eigenvalue weighted by molar-refractivity contribution is 0.103. The smallest absolute Gasteiger partial charge is 0.269 e. The van der Waals surface area contributed by atoms with E-state index < -0.39 is 0 Å². The highest BCUT2D eigenvalue weighted by Gasteiger charge is 2.18. The van der Waals surface area contributed by atoms with E-state index in [-0.39, 0.29) is 5.91 Å². The van der Waals surface area contributed by atoms with Crippen LogP contribution in [0.2, 0.25) is 0 Å². The van der Waals surface area contributed by atoms with Gasteiger partial charge in [-0.2, -0.15) is 0 Å². The molecule has 2 aromatic heterocycles. The lowest BCUT2D eigenvalue weighted by Gasteiger charge is -2.08. The molecule has 0 aliphatic rings. The number of nitrogens with one attached hydrogen (secondary N) is 1. The first-order valence-electron chi connectivity index (χ1n) is 9.11. The summed E-state index contributed by atoms with van der Waals surface area (Å²) in [6.45, 7) is 1.84. The molecule has 4 rings (SSSR count). The van der Waals surface area contributed by atoms with Gasteiger partial charge in [-0.25, -0.2) is 9.97 Å². The molecule has 0 spiro atoms. The number of hydrogen-bond donors (Lipinski definition) is 1. The summed E-state index contributed by atoms with van der Waals surface area (Å²) >= 11 is 2.73. The average molecular weight is 438 g/mol. The lowest BCUT2D eigenvalue weighted by Crippen LogP contribution is -2.11. The van der Waals surface area contributed by atoms with Crippen LogP contribution in [0.4, 0.5) is 5.13 Å². The highest BCUT2D eigenvalue weighted by atomic mass is 32.1. The Bertz CT molecular complexity index is 1190. The fraction of sp³-hybridized carbons (Fsp3) is 0.136. The molecule has 1 N–H and O–H groups in total. The van der Waals surface area contributed by atoms with Gasteiger partial charge < -0.3 is 9.47 Å². The second-order valence-corrected chi connectivity index (χ2v) is 8.21. The Hall–Kier alpha value is -3.23. The summed E-state index contributed by atoms with van der Waals surface area (Å²) in [4.78, 5) is 22.5. The summed E-state index contributed by atoms with van der Waals surface area (Å²) in [6, 6.07) is 15.3. The molecule has 0 fully saturated rings. The van der Waals surface area contributed by atoms with Gasteiger partial charge in [0.1, 0.15) is 21.4 Å². The van der Waals surface area contributed by atoms with Crippen LogP contribution < -0.4 is 14.8 Å². The summed E-state index contributed by atoms with van der Waals surface area (Å²) < 4.78 is 10.7. The van der Waals surface area contributed by atoms with Crippen molar-refractivity contribution in [1.82, 2.24) is 9.97 Å². The second kappa shape index (κ2) is 8.64. The van der Waals surface area contributed by atoms with Gasteiger partial charge in [-0.3, -0.25) is 10.1 Å². The van der Waals surface area contributed by atoms with E-state index >= 15 is 0 Å². The first kappa shape index (κ1) is 20.1. The number of nitrogens with zero attached hydrogens (tertiary/aromatic N) is 2. The molecule has 30 heavy (non-hydrogen) atoms. The first-order valence-corrected chi connectivity index (χ1v) is 10.8. The largest absolute Gasteiger partial charge is 0.497 e. The monoisotopic (exact) mass is 437 g/mol. The highest BCUT2D eigenvalue weighted by Crippen LogP contribution is 2.35. The number of carbonyl (C=O) groups excluding carboxylic acids is 1. The maximum absolute atomic E-state index is 12.8. The SMILES string of the molecule is COc1ccc(OC)c(-c2csc(NC(=O)c3sc(-c4ccccc4)nc3C)n2)c1. The minimum Gasteiger partial charge on any atom is -0.497 e. The van der Waals surface area contributed by atoms with E-state index in [0.29, 0.717) is 32.9 Å². The van der Waals surface area contributed by atoms with Crippen molar-refractivity contribution in [2.24, 2.45) is 0 Å². The summed E-state index contributed by atoms with van der Waals surface area (Å²) in [5.74, 6) is 1.17. The molecule has 6 nitrogen and oxygen atoms in total. The van der Waals surface area contributed by atoms with Gasteiger partial charge in [-0.05, 0) is 25.1 Å². The summed E-state index contributed by atoms with van der Waals surface area (Å²) in [5, 5.41) is 6.09. The van der Waals surface area contributed by atoms with Crippen LogP contribution in [-0.4, -0.2) is 30.1 Å². The second-order valence-electron chi connectivity index (χ2n) is 6.36. The van der Waals surface area contributed by atoms with Crippen LogP contribution in [0.3, 0.4) is 0 Å². The lowest BCUT2D eigenvalue weighted by atomic mass is 10.1. The molecule has 4 aromatic rings. The van der Waals surface area contributed by atoms with Crippen molar-refractivity contribution in [1.29, 1.82) is 0 Å². The Labute approximate surface area is 182 Å². The van der Waals surface area contributed by atoms with E-state index in [1.165, 1.54) is 22.7 Å². The molecular formula is C22H19N3O3S2. The molecule has 2 aromatic carbocycles. The number of hydrogen-bond acceptors (Lipinski definition) is 7. The standard InChI is InChI=1S/C22H19N3O3S2/c1-13-19(30-21(23-13)14-7-5-4-6-8-14)20(26)25-22-24-17(12-29-22)16-11-15(27-2)9-10-18(16)28-3/h4-12H,1-3H3,(H,24,25,26). The molecule has 8 heteroatoms. The molecule has 0 bridgehead atoms. The molecule has 0 saturated carbocycles. The fourth-order valence-electron chi connectivity index (χ4n) is 2.93. The van der Waals surface area contributed by atoms with Crippen molar-refractivity contribution in [3.05, 3.63) is 64.5 Å². The number of carbonyl (C=O) groups is 1. The van der Waals surface area contributed by atoms with Crippen molar-refractivity contribution in [3.8, 4) is 33.3 Å². The van der Waals surface area contributed by atoms with Crippen LogP contribution in [0.15, 0.2) is 53.9 Å². The first-order chi connectivity index (χ1) is 14.6. The van der Waals surface area contributed by atoms with Crippen molar-refractivity contribution in [2.75, 3.05) is 19.5 Å².